The molecule has 0 radical (unpaired) electrons. The molecule has 8 nitrogen and oxygen atoms in total. The van der Waals surface area contributed by atoms with Crippen molar-refractivity contribution in [1.29, 1.82) is 0 Å². The second kappa shape index (κ2) is 11.7. The fourth-order valence-electron chi connectivity index (χ4n) is 3.51. The maximum Gasteiger partial charge on any atom is 0.234 e. The second-order valence-corrected chi connectivity index (χ2v) is 8.93. The van der Waals surface area contributed by atoms with E-state index in [1.165, 1.54) is 11.8 Å². The average Bonchev–Trinajstić information content (AvgIpc) is 3.24. The Hall–Kier alpha value is -3.33. The van der Waals surface area contributed by atoms with Gasteiger partial charge < -0.3 is 19.9 Å². The molecule has 2 aromatic carbocycles. The van der Waals surface area contributed by atoms with Gasteiger partial charge in [-0.2, -0.15) is 0 Å². The molecule has 0 aliphatic rings. The second-order valence-electron chi connectivity index (χ2n) is 7.98. The molecule has 3 aromatic rings. The van der Waals surface area contributed by atoms with E-state index >= 15 is 0 Å². The van der Waals surface area contributed by atoms with Crippen LogP contribution in [-0.4, -0.2) is 39.4 Å². The molecule has 1 aromatic heterocycles. The maximum atomic E-state index is 12.5. The third-order valence-corrected chi connectivity index (χ3v) is 6.53. The highest BCUT2D eigenvalue weighted by Gasteiger charge is 2.20. The highest BCUT2D eigenvalue weighted by Crippen LogP contribution is 2.22. The highest BCUT2D eigenvalue weighted by atomic mass is 32.2. The minimum Gasteiger partial charge on any atom is -0.497 e. The van der Waals surface area contributed by atoms with E-state index in [1.54, 1.807) is 7.11 Å². The zero-order valence-electron chi connectivity index (χ0n) is 20.2. The van der Waals surface area contributed by atoms with Crippen LogP contribution in [0, 0.1) is 13.8 Å². The predicted octanol–water partition coefficient (Wildman–Crippen LogP) is 4.07. The van der Waals surface area contributed by atoms with Crippen LogP contribution in [0.5, 0.6) is 5.75 Å². The van der Waals surface area contributed by atoms with Crippen LogP contribution in [0.15, 0.2) is 47.6 Å². The van der Waals surface area contributed by atoms with E-state index < -0.39 is 0 Å². The summed E-state index contributed by atoms with van der Waals surface area (Å²) < 4.78 is 7.08. The van der Waals surface area contributed by atoms with E-state index in [0.29, 0.717) is 17.5 Å². The Bertz CT molecular complexity index is 1140. The first-order chi connectivity index (χ1) is 16.3. The molecule has 2 amide bonds. The van der Waals surface area contributed by atoms with E-state index in [-0.39, 0.29) is 30.0 Å². The van der Waals surface area contributed by atoms with Crippen molar-refractivity contribution in [2.24, 2.45) is 0 Å². The van der Waals surface area contributed by atoms with Crippen LogP contribution in [0.3, 0.4) is 0 Å². The normalized spacial score (nSPS) is 11.7. The first kappa shape index (κ1) is 25.3. The van der Waals surface area contributed by atoms with Gasteiger partial charge in [0.25, 0.3) is 0 Å². The molecule has 0 bridgehead atoms. The first-order valence-electron chi connectivity index (χ1n) is 11.2. The van der Waals surface area contributed by atoms with Crippen LogP contribution in [0.25, 0.3) is 0 Å². The van der Waals surface area contributed by atoms with Crippen molar-refractivity contribution < 1.29 is 14.3 Å². The van der Waals surface area contributed by atoms with E-state index in [1.807, 2.05) is 74.7 Å². The van der Waals surface area contributed by atoms with Gasteiger partial charge in [0.2, 0.25) is 11.8 Å². The van der Waals surface area contributed by atoms with Crippen LogP contribution in [-0.2, 0) is 22.6 Å². The SMILES string of the molecule is CCn1c(SCC(=O)Nc2cccc(C)c2C)nnc1[C@@H](C)NC(=O)Cc1ccc(OC)cc1. The van der Waals surface area contributed by atoms with E-state index in [4.69, 9.17) is 4.74 Å². The van der Waals surface area contributed by atoms with Gasteiger partial charge in [0.05, 0.1) is 25.3 Å². The van der Waals surface area contributed by atoms with Gasteiger partial charge in [0.15, 0.2) is 11.0 Å². The zero-order chi connectivity index (χ0) is 24.7. The smallest absolute Gasteiger partial charge is 0.234 e. The van der Waals surface area contributed by atoms with Gasteiger partial charge in [0.1, 0.15) is 5.75 Å². The Morgan fingerprint density at radius 2 is 1.82 bits per heavy atom. The van der Waals surface area contributed by atoms with Crippen molar-refractivity contribution in [2.75, 3.05) is 18.2 Å². The van der Waals surface area contributed by atoms with E-state index in [9.17, 15) is 9.59 Å². The number of hydrogen-bond donors (Lipinski definition) is 2. The number of nitrogens with zero attached hydrogens (tertiary/aromatic N) is 3. The molecule has 180 valence electrons. The topological polar surface area (TPSA) is 98.1 Å². The number of rotatable bonds is 10. The number of methoxy groups -OCH3 is 1. The number of hydrogen-bond acceptors (Lipinski definition) is 6. The number of aromatic nitrogens is 3. The molecule has 0 fully saturated rings. The molecule has 0 saturated heterocycles. The summed E-state index contributed by atoms with van der Waals surface area (Å²) in [6.07, 6.45) is 0.259. The third kappa shape index (κ3) is 6.38. The number of ether oxygens (including phenoxy) is 1. The summed E-state index contributed by atoms with van der Waals surface area (Å²) in [6.45, 7) is 8.50. The van der Waals surface area contributed by atoms with Gasteiger partial charge in [-0.1, -0.05) is 36.0 Å². The fraction of sp³-hybridized carbons (Fsp3) is 0.360. The summed E-state index contributed by atoms with van der Waals surface area (Å²) in [6, 6.07) is 12.9. The minimum absolute atomic E-state index is 0.105. The van der Waals surface area contributed by atoms with Crippen LogP contribution in [0.1, 0.15) is 42.4 Å². The Balaban J connectivity index is 1.58. The molecule has 9 heteroatoms. The molecule has 0 saturated carbocycles. The van der Waals surface area contributed by atoms with E-state index in [0.717, 1.165) is 28.1 Å². The van der Waals surface area contributed by atoms with Gasteiger partial charge in [-0.05, 0) is 62.6 Å². The number of carbonyl (C=O) groups excluding carboxylic acids is 2. The van der Waals surface area contributed by atoms with Gasteiger partial charge in [0, 0.05) is 12.2 Å². The zero-order valence-corrected chi connectivity index (χ0v) is 21.0. The first-order valence-corrected chi connectivity index (χ1v) is 12.1. The van der Waals surface area contributed by atoms with Crippen LogP contribution < -0.4 is 15.4 Å². The lowest BCUT2D eigenvalue weighted by Crippen LogP contribution is -2.30. The van der Waals surface area contributed by atoms with Gasteiger partial charge >= 0.3 is 0 Å². The number of aryl methyl sites for hydroxylation is 1. The van der Waals surface area contributed by atoms with Crippen LogP contribution in [0.4, 0.5) is 5.69 Å². The lowest BCUT2D eigenvalue weighted by Gasteiger charge is -2.15. The van der Waals surface area contributed by atoms with Crippen LogP contribution in [0.2, 0.25) is 0 Å². The molecular formula is C25H31N5O3S. The summed E-state index contributed by atoms with van der Waals surface area (Å²) in [5.74, 6) is 1.41. The number of thioether (sulfide) groups is 1. The molecule has 1 atom stereocenters. The summed E-state index contributed by atoms with van der Waals surface area (Å²) in [7, 11) is 1.61. The molecule has 0 aliphatic heterocycles. The molecule has 3 rings (SSSR count). The fourth-order valence-corrected chi connectivity index (χ4v) is 4.32. The third-order valence-electron chi connectivity index (χ3n) is 5.56. The summed E-state index contributed by atoms with van der Waals surface area (Å²) >= 11 is 1.32. The Labute approximate surface area is 204 Å². The van der Waals surface area contributed by atoms with Gasteiger partial charge in [-0.25, -0.2) is 0 Å². The number of carbonyl (C=O) groups is 2. The Kier molecular flexibility index (Phi) is 8.70. The van der Waals surface area contributed by atoms with Gasteiger partial charge in [-0.3, -0.25) is 9.59 Å². The largest absolute Gasteiger partial charge is 0.497 e. The standard InChI is InChI=1S/C25H31N5O3S/c1-6-30-24(18(4)26-22(31)14-19-10-12-20(33-5)13-11-19)28-29-25(30)34-15-23(32)27-21-9-7-8-16(2)17(21)3/h7-13,18H,6,14-15H2,1-5H3,(H,26,31)(H,27,32)/t18-/m1/s1. The molecule has 2 N–H and O–H groups in total. The minimum atomic E-state index is -0.323. The number of benzene rings is 2. The van der Waals surface area contributed by atoms with Crippen molar-refractivity contribution in [2.45, 2.75) is 51.9 Å². The lowest BCUT2D eigenvalue weighted by atomic mass is 10.1. The highest BCUT2D eigenvalue weighted by molar-refractivity contribution is 7.99. The average molecular weight is 482 g/mol. The summed E-state index contributed by atoms with van der Waals surface area (Å²) in [5, 5.41) is 15.1. The van der Waals surface area contributed by atoms with Crippen molar-refractivity contribution in [3.05, 3.63) is 65.0 Å². The van der Waals surface area contributed by atoms with Crippen molar-refractivity contribution in [3.8, 4) is 5.75 Å². The molecule has 0 aliphatic carbocycles. The number of nitrogens with one attached hydrogen (secondary N) is 2. The number of anilines is 1. The maximum absolute atomic E-state index is 12.5. The quantitative estimate of drug-likeness (QED) is 0.424. The van der Waals surface area contributed by atoms with Crippen molar-refractivity contribution in [1.82, 2.24) is 20.1 Å². The monoisotopic (exact) mass is 481 g/mol. The van der Waals surface area contributed by atoms with Gasteiger partial charge in [-0.15, -0.1) is 10.2 Å². The molecule has 1 heterocycles. The molecule has 0 spiro atoms. The lowest BCUT2D eigenvalue weighted by molar-refractivity contribution is -0.121. The van der Waals surface area contributed by atoms with Crippen molar-refractivity contribution >= 4 is 29.3 Å². The molecule has 34 heavy (non-hydrogen) atoms. The summed E-state index contributed by atoms with van der Waals surface area (Å²) in [5.41, 5.74) is 3.90. The Morgan fingerprint density at radius 3 is 2.50 bits per heavy atom. The van der Waals surface area contributed by atoms with Crippen molar-refractivity contribution in [3.63, 3.8) is 0 Å². The van der Waals surface area contributed by atoms with Crippen LogP contribution >= 0.6 is 11.8 Å². The molecule has 0 unspecified atom stereocenters. The number of amides is 2. The van der Waals surface area contributed by atoms with E-state index in [2.05, 4.69) is 20.8 Å². The Morgan fingerprint density at radius 1 is 1.09 bits per heavy atom. The summed E-state index contributed by atoms with van der Waals surface area (Å²) in [4.78, 5) is 25.0. The predicted molar refractivity (Wildman–Crippen MR) is 134 cm³/mol. The molecular weight excluding hydrogens is 450 g/mol.